The third-order valence-corrected chi connectivity index (χ3v) is 6.49. The Labute approximate surface area is 132 Å². The molecule has 4 atom stereocenters. The second kappa shape index (κ2) is 7.00. The van der Waals surface area contributed by atoms with Gasteiger partial charge in [-0.1, -0.05) is 33.1 Å². The minimum Gasteiger partial charge on any atom is -0.311 e. The third kappa shape index (κ3) is 3.82. The molecule has 1 aliphatic heterocycles. The first kappa shape index (κ1) is 15.8. The van der Waals surface area contributed by atoms with Crippen molar-refractivity contribution in [2.75, 3.05) is 13.1 Å². The number of rotatable bonds is 2. The molecule has 3 fully saturated rings. The average molecular weight is 293 g/mol. The van der Waals surface area contributed by atoms with E-state index in [0.29, 0.717) is 0 Å². The normalized spacial score (nSPS) is 43.9. The van der Waals surface area contributed by atoms with Crippen molar-refractivity contribution in [3.63, 3.8) is 0 Å². The highest BCUT2D eigenvalue weighted by atomic mass is 15.3. The predicted molar refractivity (Wildman–Crippen MR) is 90.5 cm³/mol. The zero-order valence-electron chi connectivity index (χ0n) is 14.5. The van der Waals surface area contributed by atoms with Crippen LogP contribution in [0.25, 0.3) is 0 Å². The van der Waals surface area contributed by atoms with Crippen LogP contribution in [0.1, 0.15) is 72.1 Å². The van der Waals surface area contributed by atoms with Gasteiger partial charge in [0.1, 0.15) is 0 Å². The van der Waals surface area contributed by atoms with E-state index in [1.54, 1.807) is 0 Å². The highest BCUT2D eigenvalue weighted by Crippen LogP contribution is 2.35. The van der Waals surface area contributed by atoms with E-state index in [0.717, 1.165) is 35.9 Å². The van der Waals surface area contributed by atoms with Gasteiger partial charge in [-0.3, -0.25) is 4.90 Å². The molecule has 2 aliphatic carbocycles. The first-order valence-corrected chi connectivity index (χ1v) is 9.62. The lowest BCUT2D eigenvalue weighted by molar-refractivity contribution is 0.0300. The molecule has 4 unspecified atom stereocenters. The Morgan fingerprint density at radius 1 is 0.857 bits per heavy atom. The summed E-state index contributed by atoms with van der Waals surface area (Å²) in [5.41, 5.74) is 0. The van der Waals surface area contributed by atoms with Gasteiger partial charge in [-0.15, -0.1) is 0 Å². The first-order valence-electron chi connectivity index (χ1n) is 9.62. The fourth-order valence-corrected chi connectivity index (χ4v) is 5.45. The maximum Gasteiger partial charge on any atom is 0.0224 e. The maximum absolute atomic E-state index is 3.89. The van der Waals surface area contributed by atoms with E-state index in [1.165, 1.54) is 64.5 Å². The number of hydrogen-bond donors (Lipinski definition) is 1. The Kier molecular flexibility index (Phi) is 5.27. The van der Waals surface area contributed by atoms with Crippen LogP contribution >= 0.6 is 0 Å². The van der Waals surface area contributed by atoms with Crippen molar-refractivity contribution in [1.82, 2.24) is 10.2 Å². The summed E-state index contributed by atoms with van der Waals surface area (Å²) >= 11 is 0. The van der Waals surface area contributed by atoms with Crippen LogP contribution in [0.2, 0.25) is 0 Å². The van der Waals surface area contributed by atoms with Crippen molar-refractivity contribution in [3.05, 3.63) is 0 Å². The second-order valence-corrected chi connectivity index (χ2v) is 8.53. The van der Waals surface area contributed by atoms with Crippen LogP contribution < -0.4 is 5.32 Å². The molecular weight excluding hydrogens is 256 g/mol. The predicted octanol–water partition coefficient (Wildman–Crippen LogP) is 4.05. The van der Waals surface area contributed by atoms with Crippen LogP contribution in [0.5, 0.6) is 0 Å². The van der Waals surface area contributed by atoms with Gasteiger partial charge >= 0.3 is 0 Å². The summed E-state index contributed by atoms with van der Waals surface area (Å²) in [5.74, 6) is 2.80. The minimum absolute atomic E-state index is 0.729. The lowest BCUT2D eigenvalue weighted by Gasteiger charge is -2.48. The molecule has 0 aromatic rings. The van der Waals surface area contributed by atoms with E-state index in [1.807, 2.05) is 0 Å². The monoisotopic (exact) mass is 292 g/mol. The van der Waals surface area contributed by atoms with Gasteiger partial charge in [-0.25, -0.2) is 0 Å². The Balaban J connectivity index is 1.62. The fraction of sp³-hybridized carbons (Fsp3) is 1.00. The summed E-state index contributed by atoms with van der Waals surface area (Å²) in [4.78, 5) is 2.89. The van der Waals surface area contributed by atoms with E-state index in [2.05, 4.69) is 31.0 Å². The van der Waals surface area contributed by atoms with Gasteiger partial charge in [0.2, 0.25) is 0 Å². The topological polar surface area (TPSA) is 15.3 Å². The molecule has 1 heterocycles. The molecule has 3 rings (SSSR count). The SMILES string of the molecule is CC1CC(C)CC(N2CC(C3CCCCC3)NCC2C)C1. The Hall–Kier alpha value is -0.0800. The van der Waals surface area contributed by atoms with Crippen molar-refractivity contribution in [2.24, 2.45) is 17.8 Å². The molecule has 1 saturated heterocycles. The Bertz CT molecular complexity index is 314. The van der Waals surface area contributed by atoms with Gasteiger partial charge in [-0.05, 0) is 56.8 Å². The summed E-state index contributed by atoms with van der Waals surface area (Å²) in [5, 5.41) is 3.89. The van der Waals surface area contributed by atoms with Crippen LogP contribution in [-0.4, -0.2) is 36.1 Å². The van der Waals surface area contributed by atoms with Crippen LogP contribution in [0, 0.1) is 17.8 Å². The van der Waals surface area contributed by atoms with E-state index < -0.39 is 0 Å². The van der Waals surface area contributed by atoms with Crippen molar-refractivity contribution < 1.29 is 0 Å². The van der Waals surface area contributed by atoms with Crippen molar-refractivity contribution in [2.45, 2.75) is 90.3 Å². The molecule has 0 radical (unpaired) electrons. The fourth-order valence-electron chi connectivity index (χ4n) is 5.45. The van der Waals surface area contributed by atoms with Crippen LogP contribution in [0.4, 0.5) is 0 Å². The number of piperazine rings is 1. The van der Waals surface area contributed by atoms with Gasteiger partial charge in [0.05, 0.1) is 0 Å². The summed E-state index contributed by atoms with van der Waals surface area (Å²) in [6.07, 6.45) is 11.7. The number of hydrogen-bond acceptors (Lipinski definition) is 2. The molecule has 2 nitrogen and oxygen atoms in total. The molecule has 1 N–H and O–H groups in total. The van der Waals surface area contributed by atoms with Gasteiger partial charge < -0.3 is 5.32 Å². The van der Waals surface area contributed by atoms with E-state index >= 15 is 0 Å². The van der Waals surface area contributed by atoms with Gasteiger partial charge in [-0.2, -0.15) is 0 Å². The second-order valence-electron chi connectivity index (χ2n) is 8.53. The molecule has 2 saturated carbocycles. The summed E-state index contributed by atoms with van der Waals surface area (Å²) < 4.78 is 0. The molecule has 0 amide bonds. The first-order chi connectivity index (χ1) is 10.1. The quantitative estimate of drug-likeness (QED) is 0.826. The molecular formula is C19H36N2. The lowest BCUT2D eigenvalue weighted by Crippen LogP contribution is -2.61. The summed E-state index contributed by atoms with van der Waals surface area (Å²) in [7, 11) is 0. The molecule has 0 spiro atoms. The molecule has 122 valence electrons. The summed E-state index contributed by atoms with van der Waals surface area (Å²) in [6.45, 7) is 9.90. The van der Waals surface area contributed by atoms with Crippen LogP contribution in [0.3, 0.4) is 0 Å². The number of nitrogens with one attached hydrogen (secondary N) is 1. The molecule has 2 heteroatoms. The maximum atomic E-state index is 3.89. The largest absolute Gasteiger partial charge is 0.311 e. The Morgan fingerprint density at radius 2 is 1.52 bits per heavy atom. The zero-order chi connectivity index (χ0) is 14.8. The van der Waals surface area contributed by atoms with Gasteiger partial charge in [0.25, 0.3) is 0 Å². The smallest absolute Gasteiger partial charge is 0.0224 e. The van der Waals surface area contributed by atoms with E-state index in [4.69, 9.17) is 0 Å². The zero-order valence-corrected chi connectivity index (χ0v) is 14.5. The lowest BCUT2D eigenvalue weighted by atomic mass is 9.78. The van der Waals surface area contributed by atoms with E-state index in [-0.39, 0.29) is 0 Å². The number of nitrogens with zero attached hydrogens (tertiary/aromatic N) is 1. The van der Waals surface area contributed by atoms with Crippen LogP contribution in [-0.2, 0) is 0 Å². The Morgan fingerprint density at radius 3 is 2.19 bits per heavy atom. The van der Waals surface area contributed by atoms with Crippen LogP contribution in [0.15, 0.2) is 0 Å². The average Bonchev–Trinajstić information content (AvgIpc) is 2.47. The molecule has 21 heavy (non-hydrogen) atoms. The van der Waals surface area contributed by atoms with Gasteiger partial charge in [0.15, 0.2) is 0 Å². The van der Waals surface area contributed by atoms with Gasteiger partial charge in [0, 0.05) is 31.2 Å². The van der Waals surface area contributed by atoms with E-state index in [9.17, 15) is 0 Å². The molecule has 0 bridgehead atoms. The minimum atomic E-state index is 0.729. The standard InChI is InChI=1S/C19H36N2/c1-14-9-15(2)11-18(10-14)21-13-19(20-12-16(21)3)17-7-5-4-6-8-17/h14-20H,4-13H2,1-3H3. The third-order valence-electron chi connectivity index (χ3n) is 6.49. The molecule has 0 aromatic heterocycles. The highest BCUT2D eigenvalue weighted by molar-refractivity contribution is 4.93. The molecule has 3 aliphatic rings. The van der Waals surface area contributed by atoms with Crippen molar-refractivity contribution in [1.29, 1.82) is 0 Å². The molecule has 0 aromatic carbocycles. The van der Waals surface area contributed by atoms with Crippen molar-refractivity contribution >= 4 is 0 Å². The highest BCUT2D eigenvalue weighted by Gasteiger charge is 2.36. The van der Waals surface area contributed by atoms with Crippen molar-refractivity contribution in [3.8, 4) is 0 Å². The summed E-state index contributed by atoms with van der Waals surface area (Å²) in [6, 6.07) is 2.35.